The smallest absolute Gasteiger partial charge is 0.174 e. The number of anilines is 1. The van der Waals surface area contributed by atoms with Gasteiger partial charge in [-0.15, -0.1) is 0 Å². The van der Waals surface area contributed by atoms with E-state index in [0.717, 1.165) is 27.2 Å². The number of rotatable bonds is 5. The van der Waals surface area contributed by atoms with Crippen LogP contribution in [0, 0.1) is 18.3 Å². The third-order valence-electron chi connectivity index (χ3n) is 2.76. The predicted octanol–water partition coefficient (Wildman–Crippen LogP) is 3.67. The van der Waals surface area contributed by atoms with Gasteiger partial charge in [-0.1, -0.05) is 18.2 Å². The van der Waals surface area contributed by atoms with E-state index in [1.807, 2.05) is 43.3 Å². The minimum atomic E-state index is 0.0515. The van der Waals surface area contributed by atoms with E-state index in [1.54, 1.807) is 6.20 Å². The number of ether oxygens (including phenoxy) is 1. The van der Waals surface area contributed by atoms with Crippen LogP contribution < -0.4 is 10.1 Å². The highest BCUT2D eigenvalue weighted by atomic mass is 79.9. The van der Waals surface area contributed by atoms with Gasteiger partial charge in [-0.25, -0.2) is 4.98 Å². The zero-order valence-corrected chi connectivity index (χ0v) is 12.6. The number of aromatic nitrogens is 1. The molecule has 2 aromatic rings. The van der Waals surface area contributed by atoms with E-state index < -0.39 is 0 Å². The molecule has 4 nitrogen and oxygen atoms in total. The van der Waals surface area contributed by atoms with Crippen LogP contribution in [0.1, 0.15) is 11.1 Å². The Morgan fingerprint density at radius 1 is 1.40 bits per heavy atom. The molecule has 102 valence electrons. The Bertz CT molecular complexity index is 637. The van der Waals surface area contributed by atoms with E-state index in [9.17, 15) is 0 Å². The molecule has 0 aliphatic carbocycles. The summed E-state index contributed by atoms with van der Waals surface area (Å²) in [5, 5.41) is 11.9. The van der Waals surface area contributed by atoms with Gasteiger partial charge in [-0.05, 0) is 40.5 Å². The van der Waals surface area contributed by atoms with E-state index in [1.165, 1.54) is 0 Å². The third kappa shape index (κ3) is 3.72. The van der Waals surface area contributed by atoms with Gasteiger partial charge in [0.15, 0.2) is 6.61 Å². The average Bonchev–Trinajstić information content (AvgIpc) is 2.47. The largest absolute Gasteiger partial charge is 0.478 e. The molecule has 0 amide bonds. The lowest BCUT2D eigenvalue weighted by Crippen LogP contribution is -2.04. The van der Waals surface area contributed by atoms with E-state index in [4.69, 9.17) is 10.00 Å². The zero-order valence-electron chi connectivity index (χ0n) is 11.1. The van der Waals surface area contributed by atoms with Crippen LogP contribution in [0.2, 0.25) is 0 Å². The number of aryl methyl sites for hydroxylation is 1. The number of para-hydroxylation sites is 1. The van der Waals surface area contributed by atoms with Gasteiger partial charge in [-0.2, -0.15) is 5.26 Å². The monoisotopic (exact) mass is 331 g/mol. The molecule has 0 bridgehead atoms. The molecular weight excluding hydrogens is 318 g/mol. The number of nitrogens with one attached hydrogen (secondary N) is 1. The van der Waals surface area contributed by atoms with Crippen molar-refractivity contribution in [2.75, 3.05) is 11.9 Å². The lowest BCUT2D eigenvalue weighted by Gasteiger charge is -2.11. The Kier molecular flexibility index (Phi) is 4.97. The number of pyridine rings is 1. The number of nitriles is 1. The maximum absolute atomic E-state index is 8.58. The van der Waals surface area contributed by atoms with Crippen molar-refractivity contribution in [1.82, 2.24) is 4.98 Å². The SMILES string of the molecule is Cc1cc(NCc2ccccc2OCC#N)cnc1Br. The maximum atomic E-state index is 8.58. The first-order valence-corrected chi connectivity index (χ1v) is 6.93. The fourth-order valence-electron chi connectivity index (χ4n) is 1.75. The van der Waals surface area contributed by atoms with Gasteiger partial charge < -0.3 is 10.1 Å². The molecule has 0 saturated heterocycles. The number of halogens is 1. The summed E-state index contributed by atoms with van der Waals surface area (Å²) >= 11 is 3.38. The van der Waals surface area contributed by atoms with Crippen LogP contribution in [-0.2, 0) is 6.54 Å². The molecule has 1 aromatic heterocycles. The summed E-state index contributed by atoms with van der Waals surface area (Å²) in [4.78, 5) is 4.24. The number of benzene rings is 1. The lowest BCUT2D eigenvalue weighted by molar-refractivity contribution is 0.364. The van der Waals surface area contributed by atoms with E-state index in [-0.39, 0.29) is 6.61 Å². The van der Waals surface area contributed by atoms with Gasteiger partial charge in [-0.3, -0.25) is 0 Å². The maximum Gasteiger partial charge on any atom is 0.174 e. The molecule has 5 heteroatoms. The molecular formula is C15H14BrN3O. The van der Waals surface area contributed by atoms with Crippen LogP contribution in [0.4, 0.5) is 5.69 Å². The Morgan fingerprint density at radius 3 is 2.95 bits per heavy atom. The standard InChI is InChI=1S/C15H14BrN3O/c1-11-8-13(10-19-15(11)16)18-9-12-4-2-3-5-14(12)20-7-6-17/h2-5,8,10,18H,7,9H2,1H3. The fourth-order valence-corrected chi connectivity index (χ4v) is 1.97. The van der Waals surface area contributed by atoms with Crippen LogP contribution in [0.3, 0.4) is 0 Å². The second kappa shape index (κ2) is 6.92. The molecule has 0 spiro atoms. The third-order valence-corrected chi connectivity index (χ3v) is 3.59. The highest BCUT2D eigenvalue weighted by Crippen LogP contribution is 2.21. The zero-order chi connectivity index (χ0) is 14.4. The first-order chi connectivity index (χ1) is 9.70. The van der Waals surface area contributed by atoms with Gasteiger partial charge in [0.1, 0.15) is 16.4 Å². The highest BCUT2D eigenvalue weighted by molar-refractivity contribution is 9.10. The topological polar surface area (TPSA) is 57.9 Å². The second-order valence-electron chi connectivity index (χ2n) is 4.24. The number of hydrogen-bond acceptors (Lipinski definition) is 4. The van der Waals surface area contributed by atoms with Crippen LogP contribution in [0.25, 0.3) is 0 Å². The highest BCUT2D eigenvalue weighted by Gasteiger charge is 2.04. The van der Waals surface area contributed by atoms with Crippen LogP contribution in [0.15, 0.2) is 41.1 Å². The first kappa shape index (κ1) is 14.4. The summed E-state index contributed by atoms with van der Waals surface area (Å²) in [6.07, 6.45) is 1.77. The van der Waals surface area contributed by atoms with Crippen molar-refractivity contribution in [1.29, 1.82) is 5.26 Å². The molecule has 0 unspecified atom stereocenters. The molecule has 0 aliphatic heterocycles. The molecule has 0 radical (unpaired) electrons. The van der Waals surface area contributed by atoms with Crippen LogP contribution in [-0.4, -0.2) is 11.6 Å². The summed E-state index contributed by atoms with van der Waals surface area (Å²) in [5.41, 5.74) is 3.02. The summed E-state index contributed by atoms with van der Waals surface area (Å²) in [6.45, 7) is 2.66. The van der Waals surface area contributed by atoms with Gasteiger partial charge in [0, 0.05) is 12.1 Å². The van der Waals surface area contributed by atoms with E-state index in [2.05, 4.69) is 26.2 Å². The number of nitrogens with zero attached hydrogens (tertiary/aromatic N) is 2. The van der Waals surface area contributed by atoms with Crippen molar-refractivity contribution in [3.05, 3.63) is 52.3 Å². The minimum Gasteiger partial charge on any atom is -0.478 e. The summed E-state index contributed by atoms with van der Waals surface area (Å²) in [6, 6.07) is 11.7. The number of hydrogen-bond donors (Lipinski definition) is 1. The van der Waals surface area contributed by atoms with Crippen LogP contribution >= 0.6 is 15.9 Å². The minimum absolute atomic E-state index is 0.0515. The summed E-state index contributed by atoms with van der Waals surface area (Å²) in [5.74, 6) is 0.725. The lowest BCUT2D eigenvalue weighted by atomic mass is 10.2. The molecule has 1 N–H and O–H groups in total. The second-order valence-corrected chi connectivity index (χ2v) is 4.99. The van der Waals surface area contributed by atoms with Crippen molar-refractivity contribution < 1.29 is 4.74 Å². The van der Waals surface area contributed by atoms with Crippen molar-refractivity contribution in [3.8, 4) is 11.8 Å². The molecule has 1 heterocycles. The molecule has 0 aliphatic rings. The normalized spacial score (nSPS) is 9.85. The Labute approximate surface area is 126 Å². The van der Waals surface area contributed by atoms with Gasteiger partial charge in [0.05, 0.1) is 11.9 Å². The Morgan fingerprint density at radius 2 is 2.20 bits per heavy atom. The van der Waals surface area contributed by atoms with Gasteiger partial charge in [0.2, 0.25) is 0 Å². The van der Waals surface area contributed by atoms with E-state index >= 15 is 0 Å². The van der Waals surface area contributed by atoms with Gasteiger partial charge in [0.25, 0.3) is 0 Å². The fraction of sp³-hybridized carbons (Fsp3) is 0.200. The van der Waals surface area contributed by atoms with Gasteiger partial charge >= 0.3 is 0 Å². The molecule has 0 atom stereocenters. The average molecular weight is 332 g/mol. The van der Waals surface area contributed by atoms with Crippen LogP contribution in [0.5, 0.6) is 5.75 Å². The Balaban J connectivity index is 2.06. The summed E-state index contributed by atoms with van der Waals surface area (Å²) in [7, 11) is 0. The van der Waals surface area contributed by atoms with Crippen molar-refractivity contribution in [3.63, 3.8) is 0 Å². The van der Waals surface area contributed by atoms with Crippen molar-refractivity contribution in [2.24, 2.45) is 0 Å². The molecule has 20 heavy (non-hydrogen) atoms. The van der Waals surface area contributed by atoms with Crippen molar-refractivity contribution in [2.45, 2.75) is 13.5 Å². The summed E-state index contributed by atoms with van der Waals surface area (Å²) < 4.78 is 6.24. The first-order valence-electron chi connectivity index (χ1n) is 6.14. The molecule has 0 saturated carbocycles. The van der Waals surface area contributed by atoms with Crippen molar-refractivity contribution >= 4 is 21.6 Å². The quantitative estimate of drug-likeness (QED) is 0.849. The Hall–Kier alpha value is -2.06. The molecule has 1 aromatic carbocycles. The molecule has 2 rings (SSSR count). The van der Waals surface area contributed by atoms with E-state index in [0.29, 0.717) is 6.54 Å². The predicted molar refractivity (Wildman–Crippen MR) is 81.6 cm³/mol. The molecule has 0 fully saturated rings.